The molecular weight excluding hydrogens is 345 g/mol. The molecule has 0 unspecified atom stereocenters. The van der Waals surface area contributed by atoms with Crippen LogP contribution in [0.1, 0.15) is 15.9 Å². The summed E-state index contributed by atoms with van der Waals surface area (Å²) < 4.78 is 14.1. The summed E-state index contributed by atoms with van der Waals surface area (Å²) in [6.45, 7) is 0. The summed E-state index contributed by atoms with van der Waals surface area (Å²) in [4.78, 5) is 15.5. The molecular formula is C15H8BrClFNO. The van der Waals surface area contributed by atoms with E-state index in [2.05, 4.69) is 20.9 Å². The summed E-state index contributed by atoms with van der Waals surface area (Å²) in [5.41, 5.74) is 1.49. The minimum Gasteiger partial charge on any atom is -0.360 e. The molecule has 0 saturated heterocycles. The number of aromatic amines is 1. The first-order chi connectivity index (χ1) is 9.56. The maximum atomic E-state index is 13.3. The zero-order valence-electron chi connectivity index (χ0n) is 10.1. The molecule has 0 atom stereocenters. The van der Waals surface area contributed by atoms with Crippen LogP contribution < -0.4 is 0 Å². The Labute approximate surface area is 127 Å². The summed E-state index contributed by atoms with van der Waals surface area (Å²) in [5, 5.41) is 0.912. The number of fused-ring (bicyclic) bond motifs is 1. The predicted molar refractivity (Wildman–Crippen MR) is 80.8 cm³/mol. The van der Waals surface area contributed by atoms with Crippen LogP contribution in [0.15, 0.2) is 47.1 Å². The smallest absolute Gasteiger partial charge is 0.196 e. The van der Waals surface area contributed by atoms with Gasteiger partial charge in [0, 0.05) is 32.7 Å². The monoisotopic (exact) mass is 351 g/mol. The molecule has 1 heterocycles. The van der Waals surface area contributed by atoms with Crippen LogP contribution in [0.2, 0.25) is 5.02 Å². The van der Waals surface area contributed by atoms with Gasteiger partial charge in [-0.3, -0.25) is 4.79 Å². The van der Waals surface area contributed by atoms with Crippen molar-refractivity contribution in [2.24, 2.45) is 0 Å². The van der Waals surface area contributed by atoms with Gasteiger partial charge in [-0.2, -0.15) is 0 Å². The van der Waals surface area contributed by atoms with E-state index in [9.17, 15) is 9.18 Å². The van der Waals surface area contributed by atoms with Crippen LogP contribution in [0.25, 0.3) is 10.9 Å². The third kappa shape index (κ3) is 2.25. The number of ketones is 1. The molecule has 5 heteroatoms. The van der Waals surface area contributed by atoms with Crippen molar-refractivity contribution in [1.82, 2.24) is 4.98 Å². The molecule has 2 nitrogen and oxygen atoms in total. The molecule has 1 N–H and O–H groups in total. The van der Waals surface area contributed by atoms with Gasteiger partial charge in [-0.1, -0.05) is 27.5 Å². The van der Waals surface area contributed by atoms with Gasteiger partial charge in [-0.25, -0.2) is 4.39 Å². The number of carbonyl (C=O) groups excluding carboxylic acids is 1. The second kappa shape index (κ2) is 5.04. The van der Waals surface area contributed by atoms with Crippen LogP contribution in [0.5, 0.6) is 0 Å². The van der Waals surface area contributed by atoms with E-state index < -0.39 is 0 Å². The largest absolute Gasteiger partial charge is 0.360 e. The van der Waals surface area contributed by atoms with Crippen molar-refractivity contribution < 1.29 is 9.18 Å². The number of aromatic nitrogens is 1. The van der Waals surface area contributed by atoms with Crippen LogP contribution in [0, 0.1) is 5.82 Å². The molecule has 3 rings (SSSR count). The average Bonchev–Trinajstić information content (AvgIpc) is 2.83. The fraction of sp³-hybridized carbons (Fsp3) is 0. The summed E-state index contributed by atoms with van der Waals surface area (Å²) >= 11 is 9.38. The second-order valence-electron chi connectivity index (χ2n) is 4.35. The molecule has 2 aromatic carbocycles. The SMILES string of the molecule is O=C(c1cc(Br)ccc1Cl)c1c[nH]c2ccc(F)cc12. The maximum absolute atomic E-state index is 13.3. The van der Waals surface area contributed by atoms with E-state index in [1.165, 1.54) is 12.1 Å². The number of rotatable bonds is 2. The van der Waals surface area contributed by atoms with Crippen molar-refractivity contribution in [2.75, 3.05) is 0 Å². The van der Waals surface area contributed by atoms with Crippen molar-refractivity contribution in [2.45, 2.75) is 0 Å². The summed E-state index contributed by atoms with van der Waals surface area (Å²) in [7, 11) is 0. The highest BCUT2D eigenvalue weighted by Crippen LogP contribution is 2.27. The number of carbonyl (C=O) groups is 1. The Morgan fingerprint density at radius 2 is 1.95 bits per heavy atom. The Morgan fingerprint density at radius 1 is 1.15 bits per heavy atom. The lowest BCUT2D eigenvalue weighted by Gasteiger charge is -2.03. The van der Waals surface area contributed by atoms with Crippen molar-refractivity contribution in [3.05, 3.63) is 69.0 Å². The number of H-pyrrole nitrogens is 1. The Hall–Kier alpha value is -1.65. The highest BCUT2D eigenvalue weighted by Gasteiger charge is 2.17. The van der Waals surface area contributed by atoms with Crippen molar-refractivity contribution in [3.63, 3.8) is 0 Å². The Kier molecular flexibility index (Phi) is 3.36. The number of hydrogen-bond donors (Lipinski definition) is 1. The van der Waals surface area contributed by atoms with Gasteiger partial charge in [-0.05, 0) is 36.4 Å². The molecule has 0 aliphatic carbocycles. The first-order valence-electron chi connectivity index (χ1n) is 5.82. The lowest BCUT2D eigenvalue weighted by atomic mass is 10.0. The molecule has 0 aliphatic rings. The van der Waals surface area contributed by atoms with E-state index in [4.69, 9.17) is 11.6 Å². The van der Waals surface area contributed by atoms with Gasteiger partial charge in [0.15, 0.2) is 5.78 Å². The molecule has 0 aliphatic heterocycles. The Morgan fingerprint density at radius 3 is 2.75 bits per heavy atom. The van der Waals surface area contributed by atoms with E-state index in [0.717, 1.165) is 4.47 Å². The predicted octanol–water partition coefficient (Wildman–Crippen LogP) is 4.95. The topological polar surface area (TPSA) is 32.9 Å². The Bertz CT molecular complexity index is 828. The minimum atomic E-state index is -0.383. The third-order valence-electron chi connectivity index (χ3n) is 3.06. The molecule has 0 saturated carbocycles. The summed E-state index contributed by atoms with van der Waals surface area (Å²) in [6.07, 6.45) is 1.57. The van der Waals surface area contributed by atoms with Crippen molar-refractivity contribution in [1.29, 1.82) is 0 Å². The van der Waals surface area contributed by atoms with Gasteiger partial charge in [0.25, 0.3) is 0 Å². The lowest BCUT2D eigenvalue weighted by molar-refractivity contribution is 0.104. The van der Waals surface area contributed by atoms with E-state index in [0.29, 0.717) is 27.1 Å². The average molecular weight is 353 g/mol. The second-order valence-corrected chi connectivity index (χ2v) is 5.67. The Balaban J connectivity index is 2.17. The highest BCUT2D eigenvalue weighted by atomic mass is 79.9. The van der Waals surface area contributed by atoms with Crippen LogP contribution in [-0.2, 0) is 0 Å². The molecule has 3 aromatic rings. The van der Waals surface area contributed by atoms with Gasteiger partial charge in [-0.15, -0.1) is 0 Å². The van der Waals surface area contributed by atoms with E-state index >= 15 is 0 Å². The summed E-state index contributed by atoms with van der Waals surface area (Å²) in [6, 6.07) is 9.35. The van der Waals surface area contributed by atoms with E-state index in [1.54, 1.807) is 30.5 Å². The van der Waals surface area contributed by atoms with Gasteiger partial charge >= 0.3 is 0 Å². The van der Waals surface area contributed by atoms with Crippen LogP contribution in [0.4, 0.5) is 4.39 Å². The third-order valence-corrected chi connectivity index (χ3v) is 3.88. The standard InChI is InChI=1S/C15H8BrClFNO/c16-8-1-3-13(17)11(5-8)15(20)12-7-19-14-4-2-9(18)6-10(12)14/h1-7,19H. The van der Waals surface area contributed by atoms with Gasteiger partial charge in [0.1, 0.15) is 5.82 Å². The normalized spacial score (nSPS) is 10.9. The zero-order valence-corrected chi connectivity index (χ0v) is 12.4. The van der Waals surface area contributed by atoms with Crippen LogP contribution in [-0.4, -0.2) is 10.8 Å². The number of hydrogen-bond acceptors (Lipinski definition) is 1. The maximum Gasteiger partial charge on any atom is 0.196 e. The summed E-state index contributed by atoms with van der Waals surface area (Å²) in [5.74, 6) is -0.625. The fourth-order valence-corrected chi connectivity index (χ4v) is 2.66. The molecule has 0 amide bonds. The number of benzene rings is 2. The van der Waals surface area contributed by atoms with E-state index in [1.807, 2.05) is 0 Å². The van der Waals surface area contributed by atoms with Crippen molar-refractivity contribution >= 4 is 44.2 Å². The van der Waals surface area contributed by atoms with E-state index in [-0.39, 0.29) is 11.6 Å². The fourth-order valence-electron chi connectivity index (χ4n) is 2.10. The molecule has 0 fully saturated rings. The quantitative estimate of drug-likeness (QED) is 0.650. The molecule has 0 spiro atoms. The van der Waals surface area contributed by atoms with Crippen LogP contribution >= 0.6 is 27.5 Å². The minimum absolute atomic E-state index is 0.242. The zero-order chi connectivity index (χ0) is 14.3. The molecule has 20 heavy (non-hydrogen) atoms. The van der Waals surface area contributed by atoms with Gasteiger partial charge in [0.05, 0.1) is 5.02 Å². The first kappa shape index (κ1) is 13.3. The number of nitrogens with one attached hydrogen (secondary N) is 1. The van der Waals surface area contributed by atoms with Crippen LogP contribution in [0.3, 0.4) is 0 Å². The van der Waals surface area contributed by atoms with Crippen molar-refractivity contribution in [3.8, 4) is 0 Å². The molecule has 0 bridgehead atoms. The van der Waals surface area contributed by atoms with Gasteiger partial charge < -0.3 is 4.98 Å². The molecule has 0 radical (unpaired) electrons. The molecule has 100 valence electrons. The first-order valence-corrected chi connectivity index (χ1v) is 7.00. The lowest BCUT2D eigenvalue weighted by Crippen LogP contribution is -2.01. The molecule has 1 aromatic heterocycles. The number of halogens is 3. The highest BCUT2D eigenvalue weighted by molar-refractivity contribution is 9.10. The van der Waals surface area contributed by atoms with Gasteiger partial charge in [0.2, 0.25) is 0 Å².